The van der Waals surface area contributed by atoms with E-state index in [0.717, 1.165) is 6.20 Å². The monoisotopic (exact) mass is 209 g/mol. The summed E-state index contributed by atoms with van der Waals surface area (Å²) in [6.45, 7) is 2.49. The van der Waals surface area contributed by atoms with Crippen molar-refractivity contribution in [2.45, 2.75) is 25.7 Å². The Hall–Kier alpha value is -1.52. The predicted molar refractivity (Wildman–Crippen MR) is 51.7 cm³/mol. The van der Waals surface area contributed by atoms with Crippen LogP contribution in [0.2, 0.25) is 0 Å². The molecule has 5 heteroatoms. The Balaban J connectivity index is 2.37. The zero-order chi connectivity index (χ0) is 10.8. The van der Waals surface area contributed by atoms with E-state index < -0.39 is 11.7 Å². The molecule has 0 aromatic carbocycles. The van der Waals surface area contributed by atoms with E-state index in [1.807, 2.05) is 6.92 Å². The first-order valence-corrected chi connectivity index (χ1v) is 5.01. The lowest BCUT2D eigenvalue weighted by atomic mass is 10.0. The van der Waals surface area contributed by atoms with Gasteiger partial charge in [0.2, 0.25) is 5.91 Å². The van der Waals surface area contributed by atoms with E-state index in [9.17, 15) is 9.18 Å². The van der Waals surface area contributed by atoms with Crippen LogP contribution in [0.4, 0.5) is 4.39 Å². The molecular weight excluding hydrogens is 197 g/mol. The molecule has 1 fully saturated rings. The first kappa shape index (κ1) is 10.0. The van der Waals surface area contributed by atoms with Gasteiger partial charge in [0.05, 0.1) is 17.8 Å². The molecule has 0 bridgehead atoms. The summed E-state index contributed by atoms with van der Waals surface area (Å²) in [5.41, 5.74) is 0.233. The van der Waals surface area contributed by atoms with Gasteiger partial charge in [-0.15, -0.1) is 0 Å². The van der Waals surface area contributed by atoms with Crippen LogP contribution >= 0.6 is 0 Å². The highest BCUT2D eigenvalue weighted by Gasteiger charge is 2.29. The molecule has 0 radical (unpaired) electrons. The van der Waals surface area contributed by atoms with Gasteiger partial charge in [-0.2, -0.15) is 0 Å². The van der Waals surface area contributed by atoms with E-state index >= 15 is 0 Å². The Morgan fingerprint density at radius 1 is 1.67 bits per heavy atom. The third kappa shape index (κ3) is 1.82. The Labute approximate surface area is 86.9 Å². The van der Waals surface area contributed by atoms with E-state index in [1.165, 1.54) is 0 Å². The number of aromatic nitrogens is 2. The van der Waals surface area contributed by atoms with Crippen molar-refractivity contribution in [3.63, 3.8) is 0 Å². The first-order valence-electron chi connectivity index (χ1n) is 5.01. The van der Waals surface area contributed by atoms with E-state index in [0.29, 0.717) is 25.2 Å². The molecule has 2 heterocycles. The second kappa shape index (κ2) is 3.92. The van der Waals surface area contributed by atoms with E-state index in [4.69, 9.17) is 0 Å². The van der Waals surface area contributed by atoms with Gasteiger partial charge in [-0.1, -0.05) is 6.92 Å². The molecule has 15 heavy (non-hydrogen) atoms. The van der Waals surface area contributed by atoms with E-state index in [2.05, 4.69) is 15.3 Å². The minimum absolute atomic E-state index is 0.144. The summed E-state index contributed by atoms with van der Waals surface area (Å²) in [6.07, 6.45) is 2.39. The van der Waals surface area contributed by atoms with Gasteiger partial charge < -0.3 is 5.32 Å². The summed E-state index contributed by atoms with van der Waals surface area (Å²) in [4.78, 5) is 19.3. The number of carbonyl (C=O) groups excluding carboxylic acids is 1. The van der Waals surface area contributed by atoms with Crippen molar-refractivity contribution >= 4 is 5.91 Å². The Bertz CT molecular complexity index is 394. The van der Waals surface area contributed by atoms with Crippen molar-refractivity contribution in [1.82, 2.24) is 15.3 Å². The highest BCUT2D eigenvalue weighted by Crippen LogP contribution is 2.23. The average molecular weight is 209 g/mol. The summed E-state index contributed by atoms with van der Waals surface area (Å²) < 4.78 is 13.4. The van der Waals surface area contributed by atoms with Crippen LogP contribution in [0.25, 0.3) is 0 Å². The molecule has 80 valence electrons. The lowest BCUT2D eigenvalue weighted by molar-refractivity contribution is -0.120. The predicted octanol–water partition coefficient (Wildman–Crippen LogP) is 0.782. The van der Waals surface area contributed by atoms with Crippen molar-refractivity contribution in [2.75, 3.05) is 6.54 Å². The maximum atomic E-state index is 13.4. The molecule has 1 amide bonds. The number of rotatable bonds is 2. The quantitative estimate of drug-likeness (QED) is 0.783. The van der Waals surface area contributed by atoms with Crippen LogP contribution in [-0.2, 0) is 11.2 Å². The molecule has 0 aliphatic carbocycles. The summed E-state index contributed by atoms with van der Waals surface area (Å²) in [6, 6.07) is 0. The van der Waals surface area contributed by atoms with Gasteiger partial charge in [-0.25, -0.2) is 14.4 Å². The van der Waals surface area contributed by atoms with Crippen LogP contribution in [0.15, 0.2) is 6.20 Å². The van der Waals surface area contributed by atoms with Gasteiger partial charge in [0.1, 0.15) is 5.82 Å². The summed E-state index contributed by atoms with van der Waals surface area (Å²) in [7, 11) is 0. The van der Waals surface area contributed by atoms with E-state index in [-0.39, 0.29) is 11.6 Å². The standard InChI is InChI=1S/C10H12FN3O/c1-2-8-13-5-7(11)9(14-8)6-3-4-12-10(6)15/h5-6H,2-4H2,1H3,(H,12,15)/t6-/m0/s1. The van der Waals surface area contributed by atoms with Crippen LogP contribution in [0.3, 0.4) is 0 Å². The molecule has 1 aliphatic rings. The fraction of sp³-hybridized carbons (Fsp3) is 0.500. The zero-order valence-electron chi connectivity index (χ0n) is 8.46. The molecule has 1 atom stereocenters. The number of nitrogens with zero attached hydrogens (tertiary/aromatic N) is 2. The molecular formula is C10H12FN3O. The van der Waals surface area contributed by atoms with Crippen LogP contribution in [0.5, 0.6) is 0 Å². The second-order valence-corrected chi connectivity index (χ2v) is 3.51. The third-order valence-corrected chi connectivity index (χ3v) is 2.52. The summed E-state index contributed by atoms with van der Waals surface area (Å²) in [5.74, 6) is -0.506. The maximum absolute atomic E-state index is 13.4. The highest BCUT2D eigenvalue weighted by atomic mass is 19.1. The van der Waals surface area contributed by atoms with Crippen molar-refractivity contribution in [2.24, 2.45) is 0 Å². The largest absolute Gasteiger partial charge is 0.355 e. The van der Waals surface area contributed by atoms with Crippen LogP contribution in [0, 0.1) is 5.82 Å². The minimum Gasteiger partial charge on any atom is -0.355 e. The number of hydrogen-bond donors (Lipinski definition) is 1. The van der Waals surface area contributed by atoms with Gasteiger partial charge in [0, 0.05) is 13.0 Å². The van der Waals surface area contributed by atoms with Crippen molar-refractivity contribution in [3.05, 3.63) is 23.5 Å². The van der Waals surface area contributed by atoms with Crippen molar-refractivity contribution < 1.29 is 9.18 Å². The number of carbonyl (C=O) groups is 1. The van der Waals surface area contributed by atoms with Crippen LogP contribution < -0.4 is 5.32 Å². The average Bonchev–Trinajstić information content (AvgIpc) is 2.65. The van der Waals surface area contributed by atoms with E-state index in [1.54, 1.807) is 0 Å². The molecule has 1 saturated heterocycles. The number of amides is 1. The molecule has 0 unspecified atom stereocenters. The van der Waals surface area contributed by atoms with Gasteiger partial charge in [0.15, 0.2) is 5.82 Å². The number of aryl methyl sites for hydroxylation is 1. The Morgan fingerprint density at radius 2 is 2.47 bits per heavy atom. The van der Waals surface area contributed by atoms with Crippen molar-refractivity contribution in [3.8, 4) is 0 Å². The number of nitrogens with one attached hydrogen (secondary N) is 1. The SMILES string of the molecule is CCc1ncc(F)c([C@@H]2CCNC2=O)n1. The minimum atomic E-state index is -0.491. The lowest BCUT2D eigenvalue weighted by Gasteiger charge is -2.08. The van der Waals surface area contributed by atoms with Crippen LogP contribution in [0.1, 0.15) is 30.8 Å². The third-order valence-electron chi connectivity index (χ3n) is 2.52. The normalized spacial score (nSPS) is 20.4. The molecule has 0 saturated carbocycles. The number of hydrogen-bond acceptors (Lipinski definition) is 3. The molecule has 4 nitrogen and oxygen atoms in total. The van der Waals surface area contributed by atoms with Crippen molar-refractivity contribution in [1.29, 1.82) is 0 Å². The van der Waals surface area contributed by atoms with Gasteiger partial charge in [0.25, 0.3) is 0 Å². The molecule has 2 rings (SSSR count). The first-order chi connectivity index (χ1) is 7.22. The van der Waals surface area contributed by atoms with Gasteiger partial charge in [-0.3, -0.25) is 4.79 Å². The fourth-order valence-electron chi connectivity index (χ4n) is 1.69. The smallest absolute Gasteiger partial charge is 0.229 e. The molecule has 1 aromatic heterocycles. The zero-order valence-corrected chi connectivity index (χ0v) is 8.46. The number of halogens is 1. The highest BCUT2D eigenvalue weighted by molar-refractivity contribution is 5.85. The fourth-order valence-corrected chi connectivity index (χ4v) is 1.69. The Morgan fingerprint density at radius 3 is 3.07 bits per heavy atom. The maximum Gasteiger partial charge on any atom is 0.229 e. The summed E-state index contributed by atoms with van der Waals surface area (Å²) in [5, 5.41) is 2.67. The topological polar surface area (TPSA) is 54.9 Å². The lowest BCUT2D eigenvalue weighted by Crippen LogP contribution is -2.20. The molecule has 1 N–H and O–H groups in total. The van der Waals surface area contributed by atoms with Gasteiger partial charge >= 0.3 is 0 Å². The second-order valence-electron chi connectivity index (χ2n) is 3.51. The molecule has 1 aliphatic heterocycles. The molecule has 0 spiro atoms. The summed E-state index contributed by atoms with van der Waals surface area (Å²) >= 11 is 0. The van der Waals surface area contributed by atoms with Gasteiger partial charge in [-0.05, 0) is 6.42 Å². The van der Waals surface area contributed by atoms with Crippen LogP contribution in [-0.4, -0.2) is 22.4 Å². The Kier molecular flexibility index (Phi) is 2.62. The molecule has 1 aromatic rings.